The quantitative estimate of drug-likeness (QED) is 0.584. The highest BCUT2D eigenvalue weighted by Gasteiger charge is 2.28. The zero-order chi connectivity index (χ0) is 23.9. The van der Waals surface area contributed by atoms with Gasteiger partial charge in [0.2, 0.25) is 11.8 Å². The fraction of sp³-hybridized carbons (Fsp3) is 0.462. The van der Waals surface area contributed by atoms with E-state index in [1.165, 1.54) is 16.7 Å². The van der Waals surface area contributed by atoms with Crippen LogP contribution >= 0.6 is 11.8 Å². The number of methoxy groups -OCH3 is 1. The number of ether oxygens (including phenoxy) is 1. The Bertz CT molecular complexity index is 899. The largest absolute Gasteiger partial charge is 0.497 e. The number of aryl methyl sites for hydroxylation is 2. The van der Waals surface area contributed by atoms with Crippen LogP contribution in [0.2, 0.25) is 0 Å². The van der Waals surface area contributed by atoms with Crippen molar-refractivity contribution >= 4 is 23.6 Å². The van der Waals surface area contributed by atoms with Crippen molar-refractivity contribution in [2.24, 2.45) is 0 Å². The van der Waals surface area contributed by atoms with Gasteiger partial charge in [-0.15, -0.1) is 11.8 Å². The molecule has 6 heteroatoms. The maximum Gasteiger partial charge on any atom is 0.242 e. The highest BCUT2D eigenvalue weighted by atomic mass is 32.2. The third kappa shape index (κ3) is 8.23. The number of nitrogens with one attached hydrogen (secondary N) is 1. The minimum Gasteiger partial charge on any atom is -0.497 e. The lowest BCUT2D eigenvalue weighted by atomic mass is 10.1. The van der Waals surface area contributed by atoms with Crippen LogP contribution in [0.25, 0.3) is 0 Å². The SMILES string of the molecule is COc1ccc(CN(C(=O)CSCc2cc(C)cc(C)c2)[C@@H](C)C(=O)NC(C)(C)C)cc1. The molecule has 0 aromatic heterocycles. The van der Waals surface area contributed by atoms with Crippen LogP contribution in [0.3, 0.4) is 0 Å². The van der Waals surface area contributed by atoms with Gasteiger partial charge in [-0.2, -0.15) is 0 Å². The number of amides is 2. The summed E-state index contributed by atoms with van der Waals surface area (Å²) in [6, 6.07) is 13.5. The van der Waals surface area contributed by atoms with E-state index in [0.717, 1.165) is 17.1 Å². The van der Waals surface area contributed by atoms with E-state index in [9.17, 15) is 9.59 Å². The molecule has 0 aliphatic carbocycles. The van der Waals surface area contributed by atoms with Gasteiger partial charge in [-0.25, -0.2) is 0 Å². The second-order valence-electron chi connectivity index (χ2n) is 9.27. The molecule has 0 aliphatic heterocycles. The molecule has 2 aromatic rings. The maximum atomic E-state index is 13.2. The molecular formula is C26H36N2O3S. The van der Waals surface area contributed by atoms with Gasteiger partial charge in [0.25, 0.3) is 0 Å². The summed E-state index contributed by atoms with van der Waals surface area (Å²) in [6.07, 6.45) is 0. The zero-order valence-corrected chi connectivity index (χ0v) is 21.1. The van der Waals surface area contributed by atoms with Crippen LogP contribution < -0.4 is 10.1 Å². The van der Waals surface area contributed by atoms with Gasteiger partial charge < -0.3 is 15.0 Å². The summed E-state index contributed by atoms with van der Waals surface area (Å²) >= 11 is 1.58. The molecule has 2 amide bonds. The lowest BCUT2D eigenvalue weighted by molar-refractivity contribution is -0.139. The molecule has 0 saturated heterocycles. The summed E-state index contributed by atoms with van der Waals surface area (Å²) in [6.45, 7) is 12.1. The average Bonchev–Trinajstić information content (AvgIpc) is 2.70. The van der Waals surface area contributed by atoms with E-state index in [1.807, 2.05) is 45.0 Å². The van der Waals surface area contributed by atoms with Gasteiger partial charge in [-0.3, -0.25) is 9.59 Å². The van der Waals surface area contributed by atoms with Gasteiger partial charge in [0.1, 0.15) is 11.8 Å². The molecule has 0 heterocycles. The first-order valence-electron chi connectivity index (χ1n) is 10.9. The molecule has 1 atom stereocenters. The van der Waals surface area contributed by atoms with E-state index in [0.29, 0.717) is 12.3 Å². The highest BCUT2D eigenvalue weighted by molar-refractivity contribution is 7.99. The molecule has 0 aliphatic rings. The van der Waals surface area contributed by atoms with Crippen molar-refractivity contribution in [3.63, 3.8) is 0 Å². The number of thioether (sulfide) groups is 1. The lowest BCUT2D eigenvalue weighted by Gasteiger charge is -2.31. The number of hydrogen-bond acceptors (Lipinski definition) is 4. The molecule has 2 rings (SSSR count). The normalized spacial score (nSPS) is 12.2. The molecule has 174 valence electrons. The smallest absolute Gasteiger partial charge is 0.242 e. The Hall–Kier alpha value is -2.47. The summed E-state index contributed by atoms with van der Waals surface area (Å²) in [5.41, 5.74) is 4.24. The molecule has 0 bridgehead atoms. The second kappa shape index (κ2) is 11.4. The number of carbonyl (C=O) groups is 2. The Morgan fingerprint density at radius 1 is 1.03 bits per heavy atom. The molecule has 0 fully saturated rings. The van der Waals surface area contributed by atoms with Gasteiger partial charge in [0, 0.05) is 17.8 Å². The summed E-state index contributed by atoms with van der Waals surface area (Å²) in [7, 11) is 1.62. The van der Waals surface area contributed by atoms with E-state index in [-0.39, 0.29) is 17.4 Å². The predicted octanol–water partition coefficient (Wildman–Crippen LogP) is 4.88. The molecule has 5 nitrogen and oxygen atoms in total. The summed E-state index contributed by atoms with van der Waals surface area (Å²) in [5.74, 6) is 1.63. The fourth-order valence-corrected chi connectivity index (χ4v) is 4.32. The standard InChI is InChI=1S/C26H36N2O3S/c1-18-12-19(2)14-22(13-18)16-32-17-24(29)28(20(3)25(30)27-26(4,5)6)15-21-8-10-23(31-7)11-9-21/h8-14,20H,15-17H2,1-7H3,(H,27,30)/t20-/m0/s1. The Morgan fingerprint density at radius 3 is 2.16 bits per heavy atom. The Morgan fingerprint density at radius 2 is 1.62 bits per heavy atom. The predicted molar refractivity (Wildman–Crippen MR) is 133 cm³/mol. The minimum atomic E-state index is -0.578. The first-order valence-corrected chi connectivity index (χ1v) is 12.0. The topological polar surface area (TPSA) is 58.6 Å². The summed E-state index contributed by atoms with van der Waals surface area (Å²) in [4.78, 5) is 27.7. The third-order valence-electron chi connectivity index (χ3n) is 4.95. The van der Waals surface area contributed by atoms with E-state index in [1.54, 1.807) is 30.7 Å². The minimum absolute atomic E-state index is 0.0493. The summed E-state index contributed by atoms with van der Waals surface area (Å²) in [5, 5.41) is 2.99. The molecule has 0 spiro atoms. The van der Waals surface area contributed by atoms with Gasteiger partial charge in [0.15, 0.2) is 0 Å². The molecule has 1 N–H and O–H groups in total. The van der Waals surface area contributed by atoms with Crippen molar-refractivity contribution in [2.75, 3.05) is 12.9 Å². The van der Waals surface area contributed by atoms with Crippen LogP contribution in [0, 0.1) is 13.8 Å². The third-order valence-corrected chi connectivity index (χ3v) is 5.94. The summed E-state index contributed by atoms with van der Waals surface area (Å²) < 4.78 is 5.23. The van der Waals surface area contributed by atoms with Crippen LogP contribution in [0.15, 0.2) is 42.5 Å². The number of rotatable bonds is 9. The van der Waals surface area contributed by atoms with Gasteiger partial charge >= 0.3 is 0 Å². The lowest BCUT2D eigenvalue weighted by Crippen LogP contribution is -2.52. The van der Waals surface area contributed by atoms with Crippen LogP contribution in [-0.2, 0) is 21.9 Å². The first kappa shape index (κ1) is 25.8. The van der Waals surface area contributed by atoms with Gasteiger partial charge in [-0.05, 0) is 64.8 Å². The van der Waals surface area contributed by atoms with E-state index in [2.05, 4.69) is 37.4 Å². The van der Waals surface area contributed by atoms with Crippen molar-refractivity contribution in [2.45, 2.75) is 65.4 Å². The van der Waals surface area contributed by atoms with Crippen LogP contribution in [-0.4, -0.2) is 41.2 Å². The number of nitrogens with zero attached hydrogens (tertiary/aromatic N) is 1. The maximum absolute atomic E-state index is 13.2. The zero-order valence-electron chi connectivity index (χ0n) is 20.3. The van der Waals surface area contributed by atoms with Crippen molar-refractivity contribution in [1.82, 2.24) is 10.2 Å². The molecule has 32 heavy (non-hydrogen) atoms. The molecule has 0 saturated carbocycles. The molecule has 0 unspecified atom stereocenters. The van der Waals surface area contributed by atoms with E-state index in [4.69, 9.17) is 4.74 Å². The monoisotopic (exact) mass is 456 g/mol. The van der Waals surface area contributed by atoms with Crippen LogP contribution in [0.4, 0.5) is 0 Å². The van der Waals surface area contributed by atoms with Crippen LogP contribution in [0.1, 0.15) is 49.9 Å². The van der Waals surface area contributed by atoms with E-state index < -0.39 is 6.04 Å². The number of hydrogen-bond donors (Lipinski definition) is 1. The average molecular weight is 457 g/mol. The van der Waals surface area contributed by atoms with Gasteiger partial charge in [0.05, 0.1) is 12.9 Å². The number of carbonyl (C=O) groups excluding carboxylic acids is 2. The number of benzene rings is 2. The molecule has 0 radical (unpaired) electrons. The first-order chi connectivity index (χ1) is 15.0. The highest BCUT2D eigenvalue weighted by Crippen LogP contribution is 2.19. The van der Waals surface area contributed by atoms with E-state index >= 15 is 0 Å². The van der Waals surface area contributed by atoms with Crippen molar-refractivity contribution in [1.29, 1.82) is 0 Å². The van der Waals surface area contributed by atoms with Crippen molar-refractivity contribution < 1.29 is 14.3 Å². The van der Waals surface area contributed by atoms with Crippen molar-refractivity contribution in [3.8, 4) is 5.75 Å². The Labute approximate surface area is 196 Å². The second-order valence-corrected chi connectivity index (χ2v) is 10.3. The molecular weight excluding hydrogens is 420 g/mol. The van der Waals surface area contributed by atoms with Crippen molar-refractivity contribution in [3.05, 3.63) is 64.7 Å². The fourth-order valence-electron chi connectivity index (χ4n) is 3.48. The molecule has 2 aromatic carbocycles. The Kier molecular flexibility index (Phi) is 9.20. The van der Waals surface area contributed by atoms with Gasteiger partial charge in [-0.1, -0.05) is 41.5 Å². The Balaban J connectivity index is 2.11. The van der Waals surface area contributed by atoms with Crippen LogP contribution in [0.5, 0.6) is 5.75 Å².